The van der Waals surface area contributed by atoms with E-state index >= 15 is 0 Å². The van der Waals surface area contributed by atoms with E-state index < -0.39 is 0 Å². The maximum Gasteiger partial charge on any atom is 0.159 e. The van der Waals surface area contributed by atoms with E-state index in [-0.39, 0.29) is 0 Å². The molecule has 84 valence electrons. The zero-order chi connectivity index (χ0) is 11.7. The van der Waals surface area contributed by atoms with Crippen molar-refractivity contribution in [2.75, 3.05) is 0 Å². The van der Waals surface area contributed by atoms with Crippen molar-refractivity contribution in [1.29, 1.82) is 0 Å². The fourth-order valence-electron chi connectivity index (χ4n) is 1.81. The van der Waals surface area contributed by atoms with E-state index in [1.54, 1.807) is 23.1 Å². The van der Waals surface area contributed by atoms with Gasteiger partial charge in [0.25, 0.3) is 0 Å². The van der Waals surface area contributed by atoms with E-state index in [1.165, 1.54) is 0 Å². The fourth-order valence-corrected chi connectivity index (χ4v) is 2.11. The Morgan fingerprint density at radius 2 is 2.18 bits per heavy atom. The van der Waals surface area contributed by atoms with Crippen LogP contribution in [-0.2, 0) is 5.75 Å². The molecular formula is C12H10N4S. The van der Waals surface area contributed by atoms with E-state index in [4.69, 9.17) is 0 Å². The predicted octanol–water partition coefficient (Wildman–Crippen LogP) is 2.22. The zero-order valence-corrected chi connectivity index (χ0v) is 9.88. The van der Waals surface area contributed by atoms with Gasteiger partial charge in [0.05, 0.1) is 0 Å². The van der Waals surface area contributed by atoms with Crippen LogP contribution in [0.2, 0.25) is 0 Å². The average molecular weight is 242 g/mol. The van der Waals surface area contributed by atoms with Gasteiger partial charge in [-0.1, -0.05) is 0 Å². The molecule has 3 heterocycles. The van der Waals surface area contributed by atoms with Crippen molar-refractivity contribution >= 4 is 18.3 Å². The second-order valence-corrected chi connectivity index (χ2v) is 3.93. The molecule has 3 aromatic heterocycles. The van der Waals surface area contributed by atoms with Crippen molar-refractivity contribution < 1.29 is 0 Å². The lowest BCUT2D eigenvalue weighted by molar-refractivity contribution is 0.942. The van der Waals surface area contributed by atoms with Gasteiger partial charge in [-0.3, -0.25) is 4.98 Å². The molecule has 3 rings (SSSR count). The molecule has 0 bridgehead atoms. The number of aromatic nitrogens is 4. The molecule has 0 atom stereocenters. The minimum atomic E-state index is 0.602. The van der Waals surface area contributed by atoms with Crippen LogP contribution < -0.4 is 0 Å². The number of nitrogens with zero attached hydrogens (tertiary/aromatic N) is 4. The van der Waals surface area contributed by atoms with Crippen LogP contribution >= 0.6 is 12.6 Å². The number of hydrogen-bond acceptors (Lipinski definition) is 4. The van der Waals surface area contributed by atoms with Gasteiger partial charge in [-0.2, -0.15) is 17.7 Å². The van der Waals surface area contributed by atoms with Crippen LogP contribution in [0.15, 0.2) is 43.0 Å². The third kappa shape index (κ3) is 1.68. The van der Waals surface area contributed by atoms with Crippen molar-refractivity contribution in [3.05, 3.63) is 48.5 Å². The molecule has 0 saturated heterocycles. The van der Waals surface area contributed by atoms with Crippen molar-refractivity contribution in [3.8, 4) is 11.3 Å². The lowest BCUT2D eigenvalue weighted by Crippen LogP contribution is -1.87. The Labute approximate surface area is 104 Å². The molecule has 3 aromatic rings. The van der Waals surface area contributed by atoms with Gasteiger partial charge in [0.1, 0.15) is 5.69 Å². The smallest absolute Gasteiger partial charge is 0.159 e. The highest BCUT2D eigenvalue weighted by Gasteiger charge is 2.13. The van der Waals surface area contributed by atoms with Crippen LogP contribution in [0, 0.1) is 0 Å². The number of pyridine rings is 1. The van der Waals surface area contributed by atoms with E-state index in [0.717, 1.165) is 22.5 Å². The molecular weight excluding hydrogens is 232 g/mol. The lowest BCUT2D eigenvalue weighted by Gasteiger charge is -1.97. The van der Waals surface area contributed by atoms with Gasteiger partial charge in [0.2, 0.25) is 0 Å². The summed E-state index contributed by atoms with van der Waals surface area (Å²) in [6.07, 6.45) is 7.19. The van der Waals surface area contributed by atoms with Gasteiger partial charge in [0, 0.05) is 41.7 Å². The third-order valence-electron chi connectivity index (χ3n) is 2.58. The second kappa shape index (κ2) is 4.18. The minimum Gasteiger partial charge on any atom is -0.264 e. The third-order valence-corrected chi connectivity index (χ3v) is 2.90. The highest BCUT2D eigenvalue weighted by atomic mass is 32.1. The molecule has 0 aromatic carbocycles. The lowest BCUT2D eigenvalue weighted by atomic mass is 10.1. The van der Waals surface area contributed by atoms with Crippen LogP contribution in [0.4, 0.5) is 0 Å². The van der Waals surface area contributed by atoms with E-state index in [2.05, 4.69) is 27.7 Å². The maximum atomic E-state index is 4.52. The van der Waals surface area contributed by atoms with Gasteiger partial charge in [-0.25, -0.2) is 9.50 Å². The summed E-state index contributed by atoms with van der Waals surface area (Å²) in [4.78, 5) is 8.44. The van der Waals surface area contributed by atoms with Crippen LogP contribution in [0.1, 0.15) is 5.56 Å². The van der Waals surface area contributed by atoms with E-state index in [0.29, 0.717) is 5.75 Å². The Balaban J connectivity index is 2.30. The molecule has 0 amide bonds. The van der Waals surface area contributed by atoms with Crippen molar-refractivity contribution in [2.24, 2.45) is 0 Å². The first-order chi connectivity index (χ1) is 8.40. The second-order valence-electron chi connectivity index (χ2n) is 3.61. The first-order valence-electron chi connectivity index (χ1n) is 5.23. The van der Waals surface area contributed by atoms with Gasteiger partial charge in [0.15, 0.2) is 5.65 Å². The fraction of sp³-hybridized carbons (Fsp3) is 0.0833. The first kappa shape index (κ1) is 10.3. The van der Waals surface area contributed by atoms with Crippen LogP contribution in [0.3, 0.4) is 0 Å². The SMILES string of the molecule is SCc1c(-c2cccnc2)nn2cccnc12. The Hall–Kier alpha value is -1.88. The summed E-state index contributed by atoms with van der Waals surface area (Å²) < 4.78 is 1.77. The monoisotopic (exact) mass is 242 g/mol. The maximum absolute atomic E-state index is 4.52. The molecule has 0 aliphatic carbocycles. The average Bonchev–Trinajstić information content (AvgIpc) is 2.78. The topological polar surface area (TPSA) is 43.1 Å². The van der Waals surface area contributed by atoms with E-state index in [1.807, 2.05) is 24.4 Å². The van der Waals surface area contributed by atoms with Crippen molar-refractivity contribution in [3.63, 3.8) is 0 Å². The van der Waals surface area contributed by atoms with Gasteiger partial charge in [-0.05, 0) is 18.2 Å². The Bertz CT molecular complexity index is 648. The van der Waals surface area contributed by atoms with Crippen molar-refractivity contribution in [2.45, 2.75) is 5.75 Å². The van der Waals surface area contributed by atoms with Crippen LogP contribution in [0.5, 0.6) is 0 Å². The van der Waals surface area contributed by atoms with E-state index in [9.17, 15) is 0 Å². The number of thiol groups is 1. The van der Waals surface area contributed by atoms with Crippen molar-refractivity contribution in [1.82, 2.24) is 19.6 Å². The van der Waals surface area contributed by atoms with Gasteiger partial charge < -0.3 is 0 Å². The molecule has 0 radical (unpaired) electrons. The van der Waals surface area contributed by atoms with Crippen LogP contribution in [-0.4, -0.2) is 19.6 Å². The summed E-state index contributed by atoms with van der Waals surface area (Å²) in [5.74, 6) is 0.602. The predicted molar refractivity (Wildman–Crippen MR) is 68.9 cm³/mol. The summed E-state index contributed by atoms with van der Waals surface area (Å²) in [7, 11) is 0. The summed E-state index contributed by atoms with van der Waals surface area (Å²) in [6, 6.07) is 5.74. The molecule has 0 saturated carbocycles. The molecule has 0 unspecified atom stereocenters. The Morgan fingerprint density at radius 3 is 2.94 bits per heavy atom. The molecule has 4 nitrogen and oxygen atoms in total. The highest BCUT2D eigenvalue weighted by molar-refractivity contribution is 7.79. The van der Waals surface area contributed by atoms with Gasteiger partial charge >= 0.3 is 0 Å². The standard InChI is InChI=1S/C12H10N4S/c17-8-10-11(9-3-1-4-13-7-9)15-16-6-2-5-14-12(10)16/h1-7,17H,8H2. The van der Waals surface area contributed by atoms with Gasteiger partial charge in [-0.15, -0.1) is 0 Å². The molecule has 17 heavy (non-hydrogen) atoms. The molecule has 0 spiro atoms. The Morgan fingerprint density at radius 1 is 1.24 bits per heavy atom. The minimum absolute atomic E-state index is 0.602. The summed E-state index contributed by atoms with van der Waals surface area (Å²) >= 11 is 4.36. The molecule has 0 N–H and O–H groups in total. The number of hydrogen-bond donors (Lipinski definition) is 1. The largest absolute Gasteiger partial charge is 0.264 e. The van der Waals surface area contributed by atoms with Crippen LogP contribution in [0.25, 0.3) is 16.9 Å². The molecule has 0 aliphatic rings. The molecule has 0 aliphatic heterocycles. The zero-order valence-electron chi connectivity index (χ0n) is 8.98. The first-order valence-corrected chi connectivity index (χ1v) is 5.87. The normalized spacial score (nSPS) is 10.9. The quantitative estimate of drug-likeness (QED) is 0.701. The highest BCUT2D eigenvalue weighted by Crippen LogP contribution is 2.25. The molecule has 5 heteroatoms. The number of fused-ring (bicyclic) bond motifs is 1. The summed E-state index contributed by atoms with van der Waals surface area (Å²) in [5.41, 5.74) is 3.76. The number of rotatable bonds is 2. The molecule has 0 fully saturated rings. The summed E-state index contributed by atoms with van der Waals surface area (Å²) in [5, 5.41) is 4.52. The summed E-state index contributed by atoms with van der Waals surface area (Å²) in [6.45, 7) is 0. The Kier molecular flexibility index (Phi) is 2.53.